The molecule has 0 bridgehead atoms. The molecule has 0 fully saturated rings. The highest BCUT2D eigenvalue weighted by Gasteiger charge is 2.25. The Morgan fingerprint density at radius 3 is 2.29 bits per heavy atom. The second-order valence-electron chi connectivity index (χ2n) is 4.98. The monoisotopic (exact) mass is 295 g/mol. The first kappa shape index (κ1) is 16.9. The van der Waals surface area contributed by atoms with Gasteiger partial charge in [-0.25, -0.2) is 4.79 Å². The van der Waals surface area contributed by atoms with E-state index in [9.17, 15) is 20.0 Å². The summed E-state index contributed by atoms with van der Waals surface area (Å²) >= 11 is 0. The molecule has 0 saturated carbocycles. The zero-order valence-corrected chi connectivity index (χ0v) is 12.3. The number of nitro groups is 1. The summed E-state index contributed by atoms with van der Waals surface area (Å²) in [6, 6.07) is 5.19. The third kappa shape index (κ3) is 4.71. The number of amides is 2. The fraction of sp³-hybridized carbons (Fsp3) is 0.500. The average Bonchev–Trinajstić information content (AvgIpc) is 2.50. The lowest BCUT2D eigenvalue weighted by Crippen LogP contribution is -2.41. The van der Waals surface area contributed by atoms with Crippen molar-refractivity contribution in [1.82, 2.24) is 5.32 Å². The number of nitro benzene ring substituents is 1. The number of aliphatic hydroxyl groups excluding tert-OH is 1. The maximum atomic E-state index is 11.8. The minimum absolute atomic E-state index is 0.0117. The van der Waals surface area contributed by atoms with Crippen molar-refractivity contribution < 1.29 is 14.8 Å². The molecule has 21 heavy (non-hydrogen) atoms. The number of urea groups is 1. The molecule has 1 rings (SSSR count). The van der Waals surface area contributed by atoms with Crippen LogP contribution < -0.4 is 10.6 Å². The average molecular weight is 295 g/mol. The van der Waals surface area contributed by atoms with Crippen molar-refractivity contribution in [2.24, 2.45) is 5.41 Å². The molecule has 1 aromatic carbocycles. The Kier molecular flexibility index (Phi) is 6.10. The van der Waals surface area contributed by atoms with Crippen LogP contribution in [0.4, 0.5) is 16.2 Å². The summed E-state index contributed by atoms with van der Waals surface area (Å²) in [7, 11) is 0. The summed E-state index contributed by atoms with van der Waals surface area (Å²) in [4.78, 5) is 21.8. The van der Waals surface area contributed by atoms with E-state index in [1.54, 1.807) is 0 Å². The second kappa shape index (κ2) is 7.58. The third-order valence-electron chi connectivity index (χ3n) is 3.80. The van der Waals surface area contributed by atoms with Gasteiger partial charge >= 0.3 is 6.03 Å². The maximum absolute atomic E-state index is 11.8. The molecule has 0 saturated heterocycles. The molecule has 0 spiro atoms. The van der Waals surface area contributed by atoms with Crippen LogP contribution in [0.5, 0.6) is 0 Å². The Balaban J connectivity index is 2.55. The summed E-state index contributed by atoms with van der Waals surface area (Å²) in [5.41, 5.74) is 0.130. The van der Waals surface area contributed by atoms with Gasteiger partial charge in [0.05, 0.1) is 11.5 Å². The van der Waals surface area contributed by atoms with Crippen molar-refractivity contribution in [2.75, 3.05) is 18.5 Å². The van der Waals surface area contributed by atoms with Crippen LogP contribution >= 0.6 is 0 Å². The van der Waals surface area contributed by atoms with Gasteiger partial charge in [0.1, 0.15) is 0 Å². The van der Waals surface area contributed by atoms with Crippen molar-refractivity contribution >= 4 is 17.4 Å². The topological polar surface area (TPSA) is 104 Å². The van der Waals surface area contributed by atoms with E-state index in [1.807, 2.05) is 13.8 Å². The summed E-state index contributed by atoms with van der Waals surface area (Å²) < 4.78 is 0. The van der Waals surface area contributed by atoms with Crippen LogP contribution in [0.25, 0.3) is 0 Å². The molecule has 1 aromatic rings. The Hall–Kier alpha value is -2.15. The van der Waals surface area contributed by atoms with Crippen LogP contribution in [-0.2, 0) is 0 Å². The zero-order chi connectivity index (χ0) is 15.9. The van der Waals surface area contributed by atoms with Crippen molar-refractivity contribution in [3.8, 4) is 0 Å². The molecule has 0 aliphatic rings. The van der Waals surface area contributed by atoms with Gasteiger partial charge < -0.3 is 15.7 Å². The first-order chi connectivity index (χ1) is 9.96. The van der Waals surface area contributed by atoms with Gasteiger partial charge in [-0.05, 0) is 25.0 Å². The Bertz CT molecular complexity index is 475. The first-order valence-corrected chi connectivity index (χ1v) is 6.86. The molecular formula is C14H21N3O4. The molecule has 0 aliphatic heterocycles. The van der Waals surface area contributed by atoms with E-state index in [0.29, 0.717) is 12.2 Å². The van der Waals surface area contributed by atoms with E-state index >= 15 is 0 Å². The molecule has 0 aliphatic carbocycles. The number of hydrogen-bond donors (Lipinski definition) is 3. The summed E-state index contributed by atoms with van der Waals surface area (Å²) in [5.74, 6) is 0. The molecule has 0 aromatic heterocycles. The van der Waals surface area contributed by atoms with Crippen LogP contribution in [0.1, 0.15) is 26.7 Å². The number of carbonyl (C=O) groups is 1. The zero-order valence-electron chi connectivity index (χ0n) is 12.3. The third-order valence-corrected chi connectivity index (χ3v) is 3.80. The van der Waals surface area contributed by atoms with Gasteiger partial charge in [-0.1, -0.05) is 13.8 Å². The minimum atomic E-state index is -0.498. The molecule has 0 atom stereocenters. The number of aliphatic hydroxyl groups is 1. The summed E-state index contributed by atoms with van der Waals surface area (Å²) in [6.07, 6.45) is 1.52. The van der Waals surface area contributed by atoms with Gasteiger partial charge in [-0.2, -0.15) is 0 Å². The number of nitrogens with one attached hydrogen (secondary N) is 2. The normalized spacial score (nSPS) is 11.0. The lowest BCUT2D eigenvalue weighted by Gasteiger charge is -2.29. The molecule has 0 radical (unpaired) electrons. The molecular weight excluding hydrogens is 274 g/mol. The predicted molar refractivity (Wildman–Crippen MR) is 80.2 cm³/mol. The molecule has 2 amide bonds. The van der Waals surface area contributed by atoms with Crippen LogP contribution in [0.2, 0.25) is 0 Å². The molecule has 7 nitrogen and oxygen atoms in total. The number of anilines is 1. The second-order valence-corrected chi connectivity index (χ2v) is 4.98. The number of nitrogens with zero attached hydrogens (tertiary/aromatic N) is 1. The Morgan fingerprint density at radius 2 is 1.86 bits per heavy atom. The van der Waals surface area contributed by atoms with Gasteiger partial charge in [0, 0.05) is 29.8 Å². The number of non-ortho nitro benzene ring substituents is 1. The summed E-state index contributed by atoms with van der Waals surface area (Å²) in [5, 5.41) is 25.3. The van der Waals surface area contributed by atoms with Gasteiger partial charge in [-0.15, -0.1) is 0 Å². The summed E-state index contributed by atoms with van der Waals surface area (Å²) in [6.45, 7) is 4.32. The van der Waals surface area contributed by atoms with Gasteiger partial charge in [-0.3, -0.25) is 10.1 Å². The van der Waals surface area contributed by atoms with Crippen LogP contribution in [0.15, 0.2) is 24.3 Å². The van der Waals surface area contributed by atoms with E-state index in [1.165, 1.54) is 24.3 Å². The van der Waals surface area contributed by atoms with E-state index in [4.69, 9.17) is 0 Å². The van der Waals surface area contributed by atoms with Gasteiger partial charge in [0.15, 0.2) is 0 Å². The van der Waals surface area contributed by atoms with E-state index in [-0.39, 0.29) is 17.7 Å². The number of hydrogen-bond acceptors (Lipinski definition) is 4. The van der Waals surface area contributed by atoms with Gasteiger partial charge in [0.25, 0.3) is 5.69 Å². The van der Waals surface area contributed by atoms with E-state index < -0.39 is 11.0 Å². The Labute approximate surface area is 123 Å². The molecule has 7 heteroatoms. The smallest absolute Gasteiger partial charge is 0.319 e. The quantitative estimate of drug-likeness (QED) is 0.531. The van der Waals surface area contributed by atoms with Crippen LogP contribution in [0, 0.1) is 15.5 Å². The van der Waals surface area contributed by atoms with E-state index in [0.717, 1.165) is 12.8 Å². The number of benzene rings is 1. The van der Waals surface area contributed by atoms with Crippen molar-refractivity contribution in [3.05, 3.63) is 34.4 Å². The SMILES string of the molecule is CCC(CC)(CO)CNC(=O)Nc1ccc([N+](=O)[O-])cc1. The lowest BCUT2D eigenvalue weighted by molar-refractivity contribution is -0.384. The molecule has 0 unspecified atom stereocenters. The minimum Gasteiger partial charge on any atom is -0.396 e. The van der Waals surface area contributed by atoms with Crippen LogP contribution in [-0.4, -0.2) is 29.2 Å². The van der Waals surface area contributed by atoms with E-state index in [2.05, 4.69) is 10.6 Å². The number of rotatable bonds is 7. The van der Waals surface area contributed by atoms with Gasteiger partial charge in [0.2, 0.25) is 0 Å². The molecule has 3 N–H and O–H groups in total. The largest absolute Gasteiger partial charge is 0.396 e. The predicted octanol–water partition coefficient (Wildman–Crippen LogP) is 2.52. The highest BCUT2D eigenvalue weighted by atomic mass is 16.6. The van der Waals surface area contributed by atoms with Crippen molar-refractivity contribution in [2.45, 2.75) is 26.7 Å². The highest BCUT2D eigenvalue weighted by molar-refractivity contribution is 5.89. The van der Waals surface area contributed by atoms with Crippen molar-refractivity contribution in [1.29, 1.82) is 0 Å². The standard InChI is InChI=1S/C14H21N3O4/c1-3-14(4-2,10-18)9-15-13(19)16-11-5-7-12(8-6-11)17(20)21/h5-8,18H,3-4,9-10H2,1-2H3,(H2,15,16,19). The lowest BCUT2D eigenvalue weighted by atomic mass is 9.83. The fourth-order valence-electron chi connectivity index (χ4n) is 1.89. The maximum Gasteiger partial charge on any atom is 0.319 e. The molecule has 0 heterocycles. The Morgan fingerprint density at radius 1 is 1.29 bits per heavy atom. The van der Waals surface area contributed by atoms with Crippen LogP contribution in [0.3, 0.4) is 0 Å². The molecule has 116 valence electrons. The number of carbonyl (C=O) groups excluding carboxylic acids is 1. The fourth-order valence-corrected chi connectivity index (χ4v) is 1.89. The first-order valence-electron chi connectivity index (χ1n) is 6.86. The van der Waals surface area contributed by atoms with Crippen molar-refractivity contribution in [3.63, 3.8) is 0 Å². The highest BCUT2D eigenvalue weighted by Crippen LogP contribution is 2.24.